The summed E-state index contributed by atoms with van der Waals surface area (Å²) in [6.45, 7) is -0.228. The molecule has 0 saturated heterocycles. The number of urea groups is 1. The van der Waals surface area contributed by atoms with Gasteiger partial charge in [0.25, 0.3) is 10.0 Å². The Morgan fingerprint density at radius 2 is 1.85 bits per heavy atom. The fourth-order valence-corrected chi connectivity index (χ4v) is 4.26. The number of benzene rings is 2. The molecular weight excluding hydrogens is 358 g/mol. The van der Waals surface area contributed by atoms with Gasteiger partial charge in [0.1, 0.15) is 4.90 Å². The molecule has 0 aromatic heterocycles. The lowest BCUT2D eigenvalue weighted by molar-refractivity contribution is 0.0696. The molecule has 3 rings (SSSR count). The van der Waals surface area contributed by atoms with Crippen LogP contribution in [0.5, 0.6) is 0 Å². The van der Waals surface area contributed by atoms with E-state index in [1.54, 1.807) is 12.1 Å². The number of hydrogen-bond acceptors (Lipinski definition) is 5. The van der Waals surface area contributed by atoms with Crippen LogP contribution in [0.4, 0.5) is 10.5 Å². The SMILES string of the molecule is CN1C(=O)N(Cc2ccc(C#N)cc2)S(=O)(=O)c2cc(C(=O)O)ccc21. The normalized spacial score (nSPS) is 15.3. The Morgan fingerprint density at radius 1 is 1.19 bits per heavy atom. The molecule has 0 atom stereocenters. The number of sulfonamides is 1. The Labute approximate surface area is 149 Å². The number of rotatable bonds is 3. The average molecular weight is 371 g/mol. The van der Waals surface area contributed by atoms with Crippen LogP contribution in [0.3, 0.4) is 0 Å². The zero-order chi connectivity index (χ0) is 19.1. The van der Waals surface area contributed by atoms with Crippen LogP contribution in [0, 0.1) is 11.3 Å². The van der Waals surface area contributed by atoms with Crippen molar-refractivity contribution in [3.8, 4) is 6.07 Å². The van der Waals surface area contributed by atoms with E-state index in [9.17, 15) is 18.0 Å². The first-order valence-corrected chi connectivity index (χ1v) is 8.86. The van der Waals surface area contributed by atoms with E-state index in [-0.39, 0.29) is 22.7 Å². The zero-order valence-corrected chi connectivity index (χ0v) is 14.4. The van der Waals surface area contributed by atoms with Crippen LogP contribution < -0.4 is 4.90 Å². The third-order valence-electron chi connectivity index (χ3n) is 4.05. The smallest absolute Gasteiger partial charge is 0.338 e. The maximum atomic E-state index is 12.9. The predicted molar refractivity (Wildman–Crippen MR) is 91.1 cm³/mol. The predicted octanol–water partition coefficient (Wildman–Crippen LogP) is 2.02. The van der Waals surface area contributed by atoms with E-state index in [0.29, 0.717) is 15.4 Å². The number of hydrogen-bond donors (Lipinski definition) is 1. The van der Waals surface area contributed by atoms with Crippen molar-refractivity contribution in [1.29, 1.82) is 5.26 Å². The van der Waals surface area contributed by atoms with Crippen LogP contribution in [0.1, 0.15) is 21.5 Å². The second-order valence-electron chi connectivity index (χ2n) is 5.65. The van der Waals surface area contributed by atoms with E-state index >= 15 is 0 Å². The fourth-order valence-electron chi connectivity index (χ4n) is 2.63. The third kappa shape index (κ3) is 2.76. The molecule has 0 radical (unpaired) electrons. The molecule has 0 unspecified atom stereocenters. The van der Waals surface area contributed by atoms with Crippen molar-refractivity contribution < 1.29 is 23.1 Å². The van der Waals surface area contributed by atoms with Crippen LogP contribution in [-0.2, 0) is 16.6 Å². The number of aromatic carboxylic acids is 1. The maximum Gasteiger partial charge on any atom is 0.338 e. The molecule has 1 aliphatic rings. The third-order valence-corrected chi connectivity index (χ3v) is 5.79. The van der Waals surface area contributed by atoms with Crippen LogP contribution in [0.15, 0.2) is 47.4 Å². The summed E-state index contributed by atoms with van der Waals surface area (Å²) in [7, 11) is -2.80. The van der Waals surface area contributed by atoms with Crippen LogP contribution in [-0.4, -0.2) is 36.9 Å². The molecule has 0 saturated carbocycles. The lowest BCUT2D eigenvalue weighted by Gasteiger charge is -2.34. The molecular formula is C17H13N3O5S. The van der Waals surface area contributed by atoms with Gasteiger partial charge in [-0.1, -0.05) is 12.1 Å². The molecule has 0 fully saturated rings. The zero-order valence-electron chi connectivity index (χ0n) is 13.6. The van der Waals surface area contributed by atoms with E-state index in [1.165, 1.54) is 31.3 Å². The summed E-state index contributed by atoms with van der Waals surface area (Å²) in [5.41, 5.74) is 0.867. The van der Waals surface area contributed by atoms with Crippen molar-refractivity contribution in [3.63, 3.8) is 0 Å². The molecule has 2 amide bonds. The highest BCUT2D eigenvalue weighted by Crippen LogP contribution is 2.35. The van der Waals surface area contributed by atoms with E-state index in [4.69, 9.17) is 10.4 Å². The molecule has 1 aliphatic heterocycles. The lowest BCUT2D eigenvalue weighted by atomic mass is 10.1. The standard InChI is InChI=1S/C17H13N3O5S/c1-19-14-7-6-13(16(21)22)8-15(14)26(24,25)20(17(19)23)10-12-4-2-11(9-18)3-5-12/h2-8H,10H2,1H3,(H,21,22). The van der Waals surface area contributed by atoms with Gasteiger partial charge in [-0.05, 0) is 35.9 Å². The monoisotopic (exact) mass is 371 g/mol. The highest BCUT2D eigenvalue weighted by Gasteiger charge is 2.40. The highest BCUT2D eigenvalue weighted by atomic mass is 32.2. The first-order chi connectivity index (χ1) is 12.3. The van der Waals surface area contributed by atoms with Crippen LogP contribution >= 0.6 is 0 Å². The first kappa shape index (κ1) is 17.4. The van der Waals surface area contributed by atoms with E-state index < -0.39 is 22.0 Å². The number of nitrogens with zero attached hydrogens (tertiary/aromatic N) is 3. The number of carbonyl (C=O) groups is 2. The minimum absolute atomic E-state index is 0.121. The second kappa shape index (κ2) is 6.16. The molecule has 9 heteroatoms. The molecule has 1 heterocycles. The molecule has 132 valence electrons. The summed E-state index contributed by atoms with van der Waals surface area (Å²) >= 11 is 0. The quantitative estimate of drug-likeness (QED) is 0.881. The number of nitriles is 1. The van der Waals surface area contributed by atoms with Gasteiger partial charge in [-0.25, -0.2) is 22.3 Å². The number of carboxylic acid groups (broad SMARTS) is 1. The molecule has 2 aromatic rings. The van der Waals surface area contributed by atoms with Gasteiger partial charge in [-0.15, -0.1) is 0 Å². The van der Waals surface area contributed by atoms with Gasteiger partial charge in [0.15, 0.2) is 0 Å². The Balaban J connectivity index is 2.07. The summed E-state index contributed by atoms with van der Waals surface area (Å²) < 4.78 is 26.5. The lowest BCUT2D eigenvalue weighted by Crippen LogP contribution is -2.48. The summed E-state index contributed by atoms with van der Waals surface area (Å²) in [6.07, 6.45) is 0. The van der Waals surface area contributed by atoms with Gasteiger partial charge < -0.3 is 5.11 Å². The Hall–Kier alpha value is -3.38. The number of amides is 2. The molecule has 1 N–H and O–H groups in total. The van der Waals surface area contributed by atoms with Gasteiger partial charge in [0.05, 0.1) is 29.4 Å². The summed E-state index contributed by atoms with van der Waals surface area (Å²) in [4.78, 5) is 24.6. The number of carboxylic acids is 1. The van der Waals surface area contributed by atoms with Crippen LogP contribution in [0.2, 0.25) is 0 Å². The first-order valence-electron chi connectivity index (χ1n) is 7.42. The van der Waals surface area contributed by atoms with Gasteiger partial charge in [0, 0.05) is 7.05 Å². The topological polar surface area (TPSA) is 119 Å². The highest BCUT2D eigenvalue weighted by molar-refractivity contribution is 7.90. The van der Waals surface area contributed by atoms with Gasteiger partial charge in [0.2, 0.25) is 0 Å². The Kier molecular flexibility index (Phi) is 4.13. The number of fused-ring (bicyclic) bond motifs is 1. The van der Waals surface area contributed by atoms with Crippen molar-refractivity contribution in [2.45, 2.75) is 11.4 Å². The van der Waals surface area contributed by atoms with Gasteiger partial charge in [-0.2, -0.15) is 5.26 Å². The number of carbonyl (C=O) groups excluding carboxylic acids is 1. The molecule has 2 aromatic carbocycles. The van der Waals surface area contributed by atoms with Crippen molar-refractivity contribution >= 4 is 27.7 Å². The summed E-state index contributed by atoms with van der Waals surface area (Å²) in [6, 6.07) is 11.0. The van der Waals surface area contributed by atoms with Crippen molar-refractivity contribution in [3.05, 3.63) is 59.2 Å². The molecule has 0 spiro atoms. The minimum atomic E-state index is -4.22. The fraction of sp³-hybridized carbons (Fsp3) is 0.118. The van der Waals surface area contributed by atoms with E-state index in [1.807, 2.05) is 6.07 Å². The molecule has 0 aliphatic carbocycles. The number of anilines is 1. The Bertz CT molecular complexity index is 1050. The van der Waals surface area contributed by atoms with E-state index in [0.717, 1.165) is 11.0 Å². The van der Waals surface area contributed by atoms with E-state index in [2.05, 4.69) is 0 Å². The average Bonchev–Trinajstić information content (AvgIpc) is 2.63. The largest absolute Gasteiger partial charge is 0.478 e. The van der Waals surface area contributed by atoms with Crippen molar-refractivity contribution in [1.82, 2.24) is 4.31 Å². The molecule has 0 bridgehead atoms. The minimum Gasteiger partial charge on any atom is -0.478 e. The van der Waals surface area contributed by atoms with Crippen molar-refractivity contribution in [2.75, 3.05) is 11.9 Å². The Morgan fingerprint density at radius 3 is 2.42 bits per heavy atom. The molecule has 8 nitrogen and oxygen atoms in total. The second-order valence-corrected chi connectivity index (χ2v) is 7.48. The van der Waals surface area contributed by atoms with Gasteiger partial charge in [-0.3, -0.25) is 4.90 Å². The van der Waals surface area contributed by atoms with Crippen LogP contribution in [0.25, 0.3) is 0 Å². The van der Waals surface area contributed by atoms with Gasteiger partial charge >= 0.3 is 12.0 Å². The summed E-state index contributed by atoms with van der Waals surface area (Å²) in [5.74, 6) is -1.26. The van der Waals surface area contributed by atoms with Crippen molar-refractivity contribution in [2.24, 2.45) is 0 Å². The summed E-state index contributed by atoms with van der Waals surface area (Å²) in [5, 5.41) is 17.9. The maximum absolute atomic E-state index is 12.9. The molecule has 26 heavy (non-hydrogen) atoms.